The molecule has 7 nitrogen and oxygen atoms in total. The van der Waals surface area contributed by atoms with E-state index in [9.17, 15) is 13.2 Å². The van der Waals surface area contributed by atoms with E-state index in [1.807, 2.05) is 27.8 Å². The molecule has 1 aromatic carbocycles. The minimum absolute atomic E-state index is 0.0154. The van der Waals surface area contributed by atoms with Gasteiger partial charge in [0.2, 0.25) is 15.9 Å². The number of carbonyl (C=O) groups excluding carboxylic acids is 1. The Balaban J connectivity index is 1.64. The monoisotopic (exact) mass is 390 g/mol. The van der Waals surface area contributed by atoms with Crippen molar-refractivity contribution >= 4 is 15.9 Å². The zero-order valence-corrected chi connectivity index (χ0v) is 17.1. The summed E-state index contributed by atoms with van der Waals surface area (Å²) in [7, 11) is -1.65. The summed E-state index contributed by atoms with van der Waals surface area (Å²) in [5, 5.41) is 4.35. The van der Waals surface area contributed by atoms with Crippen molar-refractivity contribution in [3.8, 4) is 0 Å². The third-order valence-electron chi connectivity index (χ3n) is 5.24. The molecule has 3 rings (SSSR count). The van der Waals surface area contributed by atoms with Gasteiger partial charge < -0.3 is 4.90 Å². The predicted octanol–water partition coefficient (Wildman–Crippen LogP) is 1.42. The van der Waals surface area contributed by atoms with Crippen LogP contribution < -0.4 is 0 Å². The van der Waals surface area contributed by atoms with Crippen molar-refractivity contribution in [3.05, 3.63) is 46.8 Å². The number of benzene rings is 1. The molecule has 0 bridgehead atoms. The number of hydrogen-bond donors (Lipinski definition) is 0. The number of aryl methyl sites for hydroxylation is 3. The SMILES string of the molecule is Cc1ccc(S(=O)(=O)N2CCN(C(=O)Cc3c(C)nn(C)c3C)CC2)cc1. The molecule has 0 saturated carbocycles. The smallest absolute Gasteiger partial charge is 0.243 e. The van der Waals surface area contributed by atoms with Gasteiger partial charge in [-0.05, 0) is 32.9 Å². The highest BCUT2D eigenvalue weighted by atomic mass is 32.2. The third kappa shape index (κ3) is 3.91. The summed E-state index contributed by atoms with van der Waals surface area (Å²) in [6.07, 6.45) is 0.302. The standard InChI is InChI=1S/C19H26N4O3S/c1-14-5-7-17(8-6-14)27(25,26)23-11-9-22(10-12-23)19(24)13-18-15(2)20-21(4)16(18)3/h5-8H,9-13H2,1-4H3. The predicted molar refractivity (Wildman–Crippen MR) is 103 cm³/mol. The Morgan fingerprint density at radius 3 is 2.15 bits per heavy atom. The van der Waals surface area contributed by atoms with Crippen LogP contribution in [0.3, 0.4) is 0 Å². The summed E-state index contributed by atoms with van der Waals surface area (Å²) in [6, 6.07) is 6.86. The fourth-order valence-corrected chi connectivity index (χ4v) is 4.80. The molecule has 2 aromatic rings. The number of piperazine rings is 1. The molecule has 1 aliphatic rings. The van der Waals surface area contributed by atoms with Crippen LogP contribution in [0.15, 0.2) is 29.2 Å². The van der Waals surface area contributed by atoms with Crippen LogP contribution in [0, 0.1) is 20.8 Å². The van der Waals surface area contributed by atoms with E-state index < -0.39 is 10.0 Å². The van der Waals surface area contributed by atoms with Crippen LogP contribution >= 0.6 is 0 Å². The van der Waals surface area contributed by atoms with Crippen LogP contribution in [0.1, 0.15) is 22.5 Å². The molecule has 0 radical (unpaired) electrons. The van der Waals surface area contributed by atoms with Gasteiger partial charge in [-0.3, -0.25) is 9.48 Å². The Morgan fingerprint density at radius 2 is 1.63 bits per heavy atom. The van der Waals surface area contributed by atoms with Crippen molar-refractivity contribution in [2.75, 3.05) is 26.2 Å². The number of amides is 1. The molecule has 1 aromatic heterocycles. The molecule has 0 aliphatic carbocycles. The molecule has 8 heteroatoms. The van der Waals surface area contributed by atoms with Crippen molar-refractivity contribution in [1.82, 2.24) is 19.0 Å². The first kappa shape index (κ1) is 19.6. The minimum Gasteiger partial charge on any atom is -0.340 e. The van der Waals surface area contributed by atoms with Crippen molar-refractivity contribution in [2.24, 2.45) is 7.05 Å². The molecule has 0 unspecified atom stereocenters. The summed E-state index contributed by atoms with van der Waals surface area (Å²) in [6.45, 7) is 7.22. The summed E-state index contributed by atoms with van der Waals surface area (Å²) in [5.74, 6) is 0.0154. The van der Waals surface area contributed by atoms with Crippen molar-refractivity contribution in [1.29, 1.82) is 0 Å². The number of aromatic nitrogens is 2. The largest absolute Gasteiger partial charge is 0.340 e. The number of carbonyl (C=O) groups is 1. The molecule has 0 spiro atoms. The molecule has 146 valence electrons. The fourth-order valence-electron chi connectivity index (χ4n) is 3.37. The third-order valence-corrected chi connectivity index (χ3v) is 7.15. The lowest BCUT2D eigenvalue weighted by Gasteiger charge is -2.34. The lowest BCUT2D eigenvalue weighted by molar-refractivity contribution is -0.131. The van der Waals surface area contributed by atoms with Gasteiger partial charge in [-0.1, -0.05) is 17.7 Å². The van der Waals surface area contributed by atoms with E-state index in [1.165, 1.54) is 4.31 Å². The Morgan fingerprint density at radius 1 is 1.04 bits per heavy atom. The van der Waals surface area contributed by atoms with Crippen molar-refractivity contribution in [3.63, 3.8) is 0 Å². The second kappa shape index (κ2) is 7.44. The molecule has 1 amide bonds. The van der Waals surface area contributed by atoms with Gasteiger partial charge in [0.15, 0.2) is 0 Å². The van der Waals surface area contributed by atoms with Gasteiger partial charge in [-0.25, -0.2) is 8.42 Å². The first-order valence-electron chi connectivity index (χ1n) is 9.04. The fraction of sp³-hybridized carbons (Fsp3) is 0.474. The Hall–Kier alpha value is -2.19. The molecule has 27 heavy (non-hydrogen) atoms. The molecular formula is C19H26N4O3S. The zero-order valence-electron chi connectivity index (χ0n) is 16.3. The maximum atomic E-state index is 12.8. The van der Waals surface area contributed by atoms with E-state index in [1.54, 1.807) is 33.8 Å². The van der Waals surface area contributed by atoms with Gasteiger partial charge in [0, 0.05) is 44.5 Å². The molecule has 0 atom stereocenters. The summed E-state index contributed by atoms with van der Waals surface area (Å²) in [4.78, 5) is 14.7. The number of sulfonamides is 1. The molecule has 1 aliphatic heterocycles. The van der Waals surface area contributed by atoms with E-state index in [0.717, 1.165) is 22.5 Å². The first-order chi connectivity index (χ1) is 12.7. The average Bonchev–Trinajstić information content (AvgIpc) is 2.88. The molecule has 0 N–H and O–H groups in total. The van der Waals surface area contributed by atoms with Gasteiger partial charge in [0.05, 0.1) is 17.0 Å². The lowest BCUT2D eigenvalue weighted by Crippen LogP contribution is -2.50. The van der Waals surface area contributed by atoms with E-state index in [-0.39, 0.29) is 5.91 Å². The molecular weight excluding hydrogens is 364 g/mol. The minimum atomic E-state index is -3.51. The van der Waals surface area contributed by atoms with Gasteiger partial charge in [-0.2, -0.15) is 9.40 Å². The van der Waals surface area contributed by atoms with E-state index in [2.05, 4.69) is 5.10 Å². The Bertz CT molecular complexity index is 940. The molecule has 2 heterocycles. The van der Waals surface area contributed by atoms with Crippen molar-refractivity contribution < 1.29 is 13.2 Å². The topological polar surface area (TPSA) is 75.5 Å². The van der Waals surface area contributed by atoms with Crippen LogP contribution in [0.2, 0.25) is 0 Å². The highest BCUT2D eigenvalue weighted by Gasteiger charge is 2.30. The number of nitrogens with zero attached hydrogens (tertiary/aromatic N) is 4. The Kier molecular flexibility index (Phi) is 5.39. The molecule has 1 saturated heterocycles. The van der Waals surface area contributed by atoms with Gasteiger partial charge >= 0.3 is 0 Å². The number of rotatable bonds is 4. The van der Waals surface area contributed by atoms with E-state index in [0.29, 0.717) is 37.5 Å². The van der Waals surface area contributed by atoms with Crippen LogP contribution in [-0.2, 0) is 28.3 Å². The highest BCUT2D eigenvalue weighted by Crippen LogP contribution is 2.19. The van der Waals surface area contributed by atoms with Gasteiger partial charge in [-0.15, -0.1) is 0 Å². The normalized spacial score (nSPS) is 15.9. The van der Waals surface area contributed by atoms with E-state index >= 15 is 0 Å². The summed E-state index contributed by atoms with van der Waals surface area (Å²) in [5.41, 5.74) is 3.83. The van der Waals surface area contributed by atoms with Crippen LogP contribution in [-0.4, -0.2) is 59.5 Å². The van der Waals surface area contributed by atoms with Crippen LogP contribution in [0.25, 0.3) is 0 Å². The zero-order chi connectivity index (χ0) is 19.8. The quantitative estimate of drug-likeness (QED) is 0.791. The van der Waals surface area contributed by atoms with Crippen LogP contribution in [0.4, 0.5) is 0 Å². The Labute approximate surface area is 160 Å². The summed E-state index contributed by atoms with van der Waals surface area (Å²) < 4.78 is 28.8. The molecule has 1 fully saturated rings. The van der Waals surface area contributed by atoms with Gasteiger partial charge in [0.1, 0.15) is 0 Å². The second-order valence-electron chi connectivity index (χ2n) is 7.05. The maximum absolute atomic E-state index is 12.8. The van der Waals surface area contributed by atoms with Crippen LogP contribution in [0.5, 0.6) is 0 Å². The van der Waals surface area contributed by atoms with E-state index in [4.69, 9.17) is 0 Å². The average molecular weight is 391 g/mol. The second-order valence-corrected chi connectivity index (χ2v) is 8.99. The van der Waals surface area contributed by atoms with Crippen molar-refractivity contribution in [2.45, 2.75) is 32.1 Å². The first-order valence-corrected chi connectivity index (χ1v) is 10.5. The number of hydrogen-bond acceptors (Lipinski definition) is 4. The lowest BCUT2D eigenvalue weighted by atomic mass is 10.1. The van der Waals surface area contributed by atoms with Gasteiger partial charge in [0.25, 0.3) is 0 Å². The maximum Gasteiger partial charge on any atom is 0.243 e. The highest BCUT2D eigenvalue weighted by molar-refractivity contribution is 7.89. The summed E-state index contributed by atoms with van der Waals surface area (Å²) >= 11 is 0.